The molecule has 0 amide bonds. The summed E-state index contributed by atoms with van der Waals surface area (Å²) in [5.74, 6) is -0.655. The maximum absolute atomic E-state index is 12.4. The normalized spacial score (nSPS) is 15.7. The van der Waals surface area contributed by atoms with Crippen molar-refractivity contribution in [2.45, 2.75) is 64.9 Å². The maximum atomic E-state index is 12.4. The zero-order valence-corrected chi connectivity index (χ0v) is 15.0. The molecule has 0 atom stereocenters. The summed E-state index contributed by atoms with van der Waals surface area (Å²) >= 11 is 1.10. The molecule has 0 saturated heterocycles. The first-order valence-electron chi connectivity index (χ1n) is 8.07. The molecule has 1 heterocycles. The van der Waals surface area contributed by atoms with Crippen LogP contribution in [-0.4, -0.2) is 24.1 Å². The van der Waals surface area contributed by atoms with Gasteiger partial charge in [-0.1, -0.05) is 12.8 Å². The Morgan fingerprint density at radius 3 is 2.30 bits per heavy atom. The van der Waals surface area contributed by atoms with E-state index in [9.17, 15) is 9.59 Å². The number of anilines is 1. The number of carbonyl (C=O) groups excluding carboxylic acids is 2. The van der Waals surface area contributed by atoms with E-state index in [4.69, 9.17) is 15.2 Å². The van der Waals surface area contributed by atoms with Crippen molar-refractivity contribution in [3.8, 4) is 0 Å². The lowest BCUT2D eigenvalue weighted by Gasteiger charge is -2.19. The molecule has 0 bridgehead atoms. The minimum absolute atomic E-state index is 0.224. The predicted octanol–water partition coefficient (Wildman–Crippen LogP) is 4.12. The number of esters is 2. The first kappa shape index (κ1) is 17.8. The molecule has 1 fully saturated rings. The van der Waals surface area contributed by atoms with Gasteiger partial charge in [-0.05, 0) is 46.5 Å². The van der Waals surface area contributed by atoms with E-state index < -0.39 is 17.5 Å². The molecule has 23 heavy (non-hydrogen) atoms. The van der Waals surface area contributed by atoms with Crippen molar-refractivity contribution in [2.75, 3.05) is 12.3 Å². The predicted molar refractivity (Wildman–Crippen MR) is 91.1 cm³/mol. The van der Waals surface area contributed by atoms with Crippen molar-refractivity contribution in [1.29, 1.82) is 0 Å². The lowest BCUT2D eigenvalue weighted by atomic mass is 9.96. The Labute approximate surface area is 141 Å². The van der Waals surface area contributed by atoms with Crippen LogP contribution in [0.5, 0.6) is 0 Å². The van der Waals surface area contributed by atoms with Gasteiger partial charge in [-0.15, -0.1) is 11.3 Å². The fourth-order valence-electron chi connectivity index (χ4n) is 2.90. The number of nitrogens with two attached hydrogens (primary N) is 1. The highest BCUT2D eigenvalue weighted by Crippen LogP contribution is 2.44. The molecule has 1 saturated carbocycles. The van der Waals surface area contributed by atoms with E-state index >= 15 is 0 Å². The summed E-state index contributed by atoms with van der Waals surface area (Å²) in [4.78, 5) is 25.4. The van der Waals surface area contributed by atoms with Gasteiger partial charge in [0, 0.05) is 5.56 Å². The summed E-state index contributed by atoms with van der Waals surface area (Å²) in [7, 11) is 0. The minimum Gasteiger partial charge on any atom is -0.462 e. The Kier molecular flexibility index (Phi) is 5.34. The Morgan fingerprint density at radius 2 is 1.78 bits per heavy atom. The lowest BCUT2D eigenvalue weighted by Crippen LogP contribution is -2.23. The molecule has 6 heteroatoms. The molecular weight excluding hydrogens is 314 g/mol. The first-order valence-corrected chi connectivity index (χ1v) is 8.88. The van der Waals surface area contributed by atoms with E-state index in [2.05, 4.69) is 0 Å². The zero-order valence-electron chi connectivity index (χ0n) is 14.2. The molecule has 0 spiro atoms. The quantitative estimate of drug-likeness (QED) is 0.835. The summed E-state index contributed by atoms with van der Waals surface area (Å²) in [6, 6.07) is 0. The smallest absolute Gasteiger partial charge is 0.351 e. The fourth-order valence-corrected chi connectivity index (χ4v) is 3.98. The van der Waals surface area contributed by atoms with Crippen LogP contribution in [0.3, 0.4) is 0 Å². The molecule has 5 nitrogen and oxygen atoms in total. The van der Waals surface area contributed by atoms with E-state index in [1.54, 1.807) is 27.7 Å². The lowest BCUT2D eigenvalue weighted by molar-refractivity contribution is 0.00761. The fraction of sp³-hybridized carbons (Fsp3) is 0.647. The van der Waals surface area contributed by atoms with Crippen LogP contribution >= 0.6 is 11.3 Å². The Morgan fingerprint density at radius 1 is 1.17 bits per heavy atom. The molecule has 2 rings (SSSR count). The molecule has 1 aliphatic rings. The van der Waals surface area contributed by atoms with Crippen LogP contribution < -0.4 is 5.73 Å². The Hall–Kier alpha value is -1.56. The van der Waals surface area contributed by atoms with Gasteiger partial charge in [0.2, 0.25) is 0 Å². The van der Waals surface area contributed by atoms with Gasteiger partial charge in [0.15, 0.2) is 0 Å². The molecule has 1 aromatic heterocycles. The second-order valence-electron chi connectivity index (χ2n) is 6.79. The van der Waals surface area contributed by atoms with E-state index in [1.165, 1.54) is 0 Å². The van der Waals surface area contributed by atoms with Gasteiger partial charge in [0.1, 0.15) is 15.4 Å². The summed E-state index contributed by atoms with van der Waals surface area (Å²) in [6.07, 6.45) is 4.20. The van der Waals surface area contributed by atoms with E-state index in [1.807, 2.05) is 0 Å². The zero-order chi connectivity index (χ0) is 17.2. The van der Waals surface area contributed by atoms with Crippen molar-refractivity contribution in [3.63, 3.8) is 0 Å². The van der Waals surface area contributed by atoms with Crippen molar-refractivity contribution < 1.29 is 19.1 Å². The average Bonchev–Trinajstić information content (AvgIpc) is 3.03. The van der Waals surface area contributed by atoms with Crippen LogP contribution in [0, 0.1) is 0 Å². The third-order valence-corrected chi connectivity index (χ3v) is 4.97. The number of carbonyl (C=O) groups is 2. The monoisotopic (exact) mass is 339 g/mol. The number of nitrogen functional groups attached to an aromatic ring is 1. The average molecular weight is 339 g/mol. The molecule has 1 aliphatic carbocycles. The standard InChI is InChI=1S/C17H25NO4S/c1-5-21-15(19)13-11(10-8-6-7-9-10)12(18)14(23-13)16(20)22-17(2,3)4/h10H,5-9,18H2,1-4H3. The second kappa shape index (κ2) is 6.91. The summed E-state index contributed by atoms with van der Waals surface area (Å²) in [5.41, 5.74) is 6.81. The van der Waals surface area contributed by atoms with Crippen molar-refractivity contribution in [2.24, 2.45) is 0 Å². The molecular formula is C17H25NO4S. The topological polar surface area (TPSA) is 78.6 Å². The van der Waals surface area contributed by atoms with Crippen LogP contribution in [0.1, 0.15) is 84.2 Å². The number of thiophene rings is 1. The number of hydrogen-bond donors (Lipinski definition) is 1. The van der Waals surface area contributed by atoms with Crippen molar-refractivity contribution >= 4 is 29.0 Å². The molecule has 128 valence electrons. The summed E-state index contributed by atoms with van der Waals surface area (Å²) < 4.78 is 10.6. The Balaban J connectivity index is 2.42. The highest BCUT2D eigenvalue weighted by Gasteiger charge is 2.33. The minimum atomic E-state index is -0.606. The summed E-state index contributed by atoms with van der Waals surface area (Å²) in [5, 5.41) is 0. The molecule has 2 N–H and O–H groups in total. The van der Waals surface area contributed by atoms with Crippen LogP contribution in [0.15, 0.2) is 0 Å². The van der Waals surface area contributed by atoms with Crippen LogP contribution in [0.25, 0.3) is 0 Å². The maximum Gasteiger partial charge on any atom is 0.351 e. The van der Waals surface area contributed by atoms with E-state index in [-0.39, 0.29) is 5.92 Å². The first-order chi connectivity index (χ1) is 10.7. The van der Waals surface area contributed by atoms with E-state index in [0.717, 1.165) is 42.6 Å². The van der Waals surface area contributed by atoms with Crippen LogP contribution in [-0.2, 0) is 9.47 Å². The number of ether oxygens (including phenoxy) is 2. The molecule has 1 aromatic rings. The van der Waals surface area contributed by atoms with Gasteiger partial charge in [-0.3, -0.25) is 0 Å². The van der Waals surface area contributed by atoms with Gasteiger partial charge in [0.25, 0.3) is 0 Å². The molecule has 0 radical (unpaired) electrons. The molecule has 0 unspecified atom stereocenters. The largest absolute Gasteiger partial charge is 0.462 e. The van der Waals surface area contributed by atoms with Gasteiger partial charge >= 0.3 is 11.9 Å². The third-order valence-electron chi connectivity index (χ3n) is 3.79. The second-order valence-corrected chi connectivity index (χ2v) is 7.81. The Bertz CT molecular complexity index is 594. The van der Waals surface area contributed by atoms with Crippen molar-refractivity contribution in [1.82, 2.24) is 0 Å². The van der Waals surface area contributed by atoms with Gasteiger partial charge in [-0.25, -0.2) is 9.59 Å². The summed E-state index contributed by atoms with van der Waals surface area (Å²) in [6.45, 7) is 7.47. The highest BCUT2D eigenvalue weighted by atomic mass is 32.1. The molecule has 0 aromatic carbocycles. The van der Waals surface area contributed by atoms with Crippen molar-refractivity contribution in [3.05, 3.63) is 15.3 Å². The molecule has 0 aliphatic heterocycles. The number of hydrogen-bond acceptors (Lipinski definition) is 6. The van der Waals surface area contributed by atoms with Gasteiger partial charge in [-0.2, -0.15) is 0 Å². The van der Waals surface area contributed by atoms with Gasteiger partial charge in [0.05, 0.1) is 12.3 Å². The van der Waals surface area contributed by atoms with Gasteiger partial charge < -0.3 is 15.2 Å². The third kappa shape index (κ3) is 4.05. The number of rotatable bonds is 4. The van der Waals surface area contributed by atoms with Crippen LogP contribution in [0.2, 0.25) is 0 Å². The highest BCUT2D eigenvalue weighted by molar-refractivity contribution is 7.16. The van der Waals surface area contributed by atoms with E-state index in [0.29, 0.717) is 22.0 Å². The SMILES string of the molecule is CCOC(=O)c1sc(C(=O)OC(C)(C)C)c(N)c1C1CCCC1. The van der Waals surface area contributed by atoms with Crippen LogP contribution in [0.4, 0.5) is 5.69 Å².